The minimum absolute atomic E-state index is 0.0386. The molecule has 2 N–H and O–H groups in total. The number of nitrogens with one attached hydrogen (secondary N) is 2. The second kappa shape index (κ2) is 9.45. The number of sulfonamides is 1. The first-order chi connectivity index (χ1) is 15.9. The summed E-state index contributed by atoms with van der Waals surface area (Å²) in [7, 11) is -3.79. The summed E-state index contributed by atoms with van der Waals surface area (Å²) in [5.74, 6) is 0.164. The molecule has 0 radical (unpaired) electrons. The van der Waals surface area contributed by atoms with E-state index in [-0.39, 0.29) is 16.8 Å². The van der Waals surface area contributed by atoms with Gasteiger partial charge in [-0.05, 0) is 73.2 Å². The number of pyridine rings is 1. The zero-order chi connectivity index (χ0) is 23.3. The van der Waals surface area contributed by atoms with Crippen molar-refractivity contribution < 1.29 is 17.9 Å². The van der Waals surface area contributed by atoms with E-state index in [1.54, 1.807) is 48.8 Å². The average molecular weight is 462 g/mol. The van der Waals surface area contributed by atoms with E-state index in [0.29, 0.717) is 22.7 Å². The minimum Gasteiger partial charge on any atom is -0.424 e. The Morgan fingerprint density at radius 3 is 2.27 bits per heavy atom. The van der Waals surface area contributed by atoms with Crippen molar-refractivity contribution in [3.8, 4) is 11.8 Å². The highest BCUT2D eigenvalue weighted by molar-refractivity contribution is 7.92. The van der Waals surface area contributed by atoms with Crippen LogP contribution in [0.25, 0.3) is 0 Å². The van der Waals surface area contributed by atoms with Gasteiger partial charge in [0.25, 0.3) is 15.9 Å². The third-order valence-electron chi connectivity index (χ3n) is 4.56. The predicted molar refractivity (Wildman–Crippen MR) is 123 cm³/mol. The van der Waals surface area contributed by atoms with Gasteiger partial charge in [0.15, 0.2) is 0 Å². The standard InChI is InChI=1S/C23H19N5O4S/c1-16-15-19(32-23-25-11-2-12-26-23)5-8-21(16)27-22(29)17-3-6-20(7-4-17)33(30,31)28-18-9-13-24-14-10-18/h2-15H,1H3,(H,24,28)(H,27,29). The van der Waals surface area contributed by atoms with Crippen molar-refractivity contribution in [1.29, 1.82) is 0 Å². The highest BCUT2D eigenvalue weighted by Crippen LogP contribution is 2.25. The van der Waals surface area contributed by atoms with Gasteiger partial charge in [0.1, 0.15) is 5.75 Å². The molecule has 10 heteroatoms. The molecule has 4 rings (SSSR count). The fraction of sp³-hybridized carbons (Fsp3) is 0.0435. The van der Waals surface area contributed by atoms with Crippen LogP contribution in [0.5, 0.6) is 11.8 Å². The van der Waals surface area contributed by atoms with E-state index in [2.05, 4.69) is 25.0 Å². The van der Waals surface area contributed by atoms with E-state index in [4.69, 9.17) is 4.74 Å². The molecule has 0 unspecified atom stereocenters. The van der Waals surface area contributed by atoms with Gasteiger partial charge in [-0.25, -0.2) is 18.4 Å². The number of carbonyl (C=O) groups is 1. The zero-order valence-electron chi connectivity index (χ0n) is 17.5. The quantitative estimate of drug-likeness (QED) is 0.426. The van der Waals surface area contributed by atoms with Gasteiger partial charge in [-0.15, -0.1) is 0 Å². The van der Waals surface area contributed by atoms with Crippen LogP contribution in [-0.2, 0) is 10.0 Å². The van der Waals surface area contributed by atoms with Crippen LogP contribution in [-0.4, -0.2) is 29.3 Å². The number of amides is 1. The maximum absolute atomic E-state index is 12.7. The molecule has 0 fully saturated rings. The lowest BCUT2D eigenvalue weighted by Gasteiger charge is -2.11. The Balaban J connectivity index is 1.43. The fourth-order valence-electron chi connectivity index (χ4n) is 2.90. The van der Waals surface area contributed by atoms with Gasteiger partial charge in [0, 0.05) is 36.0 Å². The maximum atomic E-state index is 12.7. The maximum Gasteiger partial charge on any atom is 0.321 e. The first kappa shape index (κ1) is 21.9. The van der Waals surface area contributed by atoms with Crippen molar-refractivity contribution in [3.63, 3.8) is 0 Å². The third kappa shape index (κ3) is 5.49. The number of ether oxygens (including phenoxy) is 1. The van der Waals surface area contributed by atoms with Crippen molar-refractivity contribution in [3.05, 3.63) is 96.6 Å². The Hall–Kier alpha value is -4.31. The van der Waals surface area contributed by atoms with Gasteiger partial charge in [0.05, 0.1) is 10.6 Å². The molecule has 166 valence electrons. The smallest absolute Gasteiger partial charge is 0.321 e. The van der Waals surface area contributed by atoms with Gasteiger partial charge in [0.2, 0.25) is 0 Å². The molecule has 0 spiro atoms. The molecule has 1 amide bonds. The van der Waals surface area contributed by atoms with Crippen LogP contribution in [0.3, 0.4) is 0 Å². The fourth-order valence-corrected chi connectivity index (χ4v) is 3.96. The van der Waals surface area contributed by atoms with Gasteiger partial charge in [-0.1, -0.05) is 0 Å². The van der Waals surface area contributed by atoms with E-state index < -0.39 is 10.0 Å². The normalized spacial score (nSPS) is 10.9. The van der Waals surface area contributed by atoms with E-state index in [0.717, 1.165) is 5.56 Å². The Morgan fingerprint density at radius 2 is 1.61 bits per heavy atom. The van der Waals surface area contributed by atoms with Crippen LogP contribution in [0, 0.1) is 6.92 Å². The number of aryl methyl sites for hydroxylation is 1. The molecule has 2 heterocycles. The summed E-state index contributed by atoms with van der Waals surface area (Å²) in [4.78, 5) is 24.6. The summed E-state index contributed by atoms with van der Waals surface area (Å²) in [6, 6.07) is 15.8. The Bertz CT molecular complexity index is 1360. The van der Waals surface area contributed by atoms with E-state index in [1.807, 2.05) is 6.92 Å². The Kier molecular flexibility index (Phi) is 6.27. The zero-order valence-corrected chi connectivity index (χ0v) is 18.3. The van der Waals surface area contributed by atoms with Crippen molar-refractivity contribution in [1.82, 2.24) is 15.0 Å². The summed E-state index contributed by atoms with van der Waals surface area (Å²) < 4.78 is 33.1. The number of rotatable bonds is 7. The van der Waals surface area contributed by atoms with Gasteiger partial charge >= 0.3 is 6.01 Å². The van der Waals surface area contributed by atoms with Gasteiger partial charge in [-0.2, -0.15) is 0 Å². The molecular weight excluding hydrogens is 442 g/mol. The van der Waals surface area contributed by atoms with Crippen LogP contribution >= 0.6 is 0 Å². The topological polar surface area (TPSA) is 123 Å². The highest BCUT2D eigenvalue weighted by Gasteiger charge is 2.16. The third-order valence-corrected chi connectivity index (χ3v) is 5.95. The predicted octanol–water partition coefficient (Wildman–Crippen LogP) is 4.03. The molecule has 2 aromatic heterocycles. The molecule has 2 aromatic carbocycles. The largest absolute Gasteiger partial charge is 0.424 e. The molecule has 0 saturated heterocycles. The summed E-state index contributed by atoms with van der Waals surface area (Å²) in [5.41, 5.74) is 2.08. The number of benzene rings is 2. The number of anilines is 2. The van der Waals surface area contributed by atoms with E-state index in [9.17, 15) is 13.2 Å². The van der Waals surface area contributed by atoms with Crippen LogP contribution < -0.4 is 14.8 Å². The average Bonchev–Trinajstić information content (AvgIpc) is 2.82. The number of hydrogen-bond donors (Lipinski definition) is 2. The molecule has 0 bridgehead atoms. The van der Waals surface area contributed by atoms with Crippen molar-refractivity contribution in [2.75, 3.05) is 10.0 Å². The number of hydrogen-bond acceptors (Lipinski definition) is 7. The summed E-state index contributed by atoms with van der Waals surface area (Å²) >= 11 is 0. The molecule has 0 atom stereocenters. The van der Waals surface area contributed by atoms with Gasteiger partial charge < -0.3 is 10.1 Å². The lowest BCUT2D eigenvalue weighted by molar-refractivity contribution is 0.102. The lowest BCUT2D eigenvalue weighted by Crippen LogP contribution is -2.15. The Morgan fingerprint density at radius 1 is 0.909 bits per heavy atom. The molecule has 0 aliphatic rings. The summed E-state index contributed by atoms with van der Waals surface area (Å²) in [5, 5.41) is 2.82. The first-order valence-electron chi connectivity index (χ1n) is 9.80. The molecule has 0 aliphatic heterocycles. The second-order valence-corrected chi connectivity index (χ2v) is 8.61. The number of carbonyl (C=O) groups excluding carboxylic acids is 1. The van der Waals surface area contributed by atoms with Crippen molar-refractivity contribution in [2.24, 2.45) is 0 Å². The Labute approximate surface area is 190 Å². The number of nitrogens with zero attached hydrogens (tertiary/aromatic N) is 3. The van der Waals surface area contributed by atoms with Crippen LogP contribution in [0.1, 0.15) is 15.9 Å². The van der Waals surface area contributed by atoms with E-state index >= 15 is 0 Å². The first-order valence-corrected chi connectivity index (χ1v) is 11.3. The minimum atomic E-state index is -3.79. The van der Waals surface area contributed by atoms with Crippen molar-refractivity contribution >= 4 is 27.3 Å². The molecule has 33 heavy (non-hydrogen) atoms. The molecule has 4 aromatic rings. The second-order valence-electron chi connectivity index (χ2n) is 6.93. The number of aromatic nitrogens is 3. The van der Waals surface area contributed by atoms with Gasteiger partial charge in [-0.3, -0.25) is 14.5 Å². The monoisotopic (exact) mass is 461 g/mol. The molecular formula is C23H19N5O4S. The molecule has 0 aliphatic carbocycles. The highest BCUT2D eigenvalue weighted by atomic mass is 32.2. The van der Waals surface area contributed by atoms with E-state index in [1.165, 1.54) is 36.7 Å². The molecule has 9 nitrogen and oxygen atoms in total. The summed E-state index contributed by atoms with van der Waals surface area (Å²) in [6.45, 7) is 1.83. The van der Waals surface area contributed by atoms with Crippen LogP contribution in [0.2, 0.25) is 0 Å². The molecule has 0 saturated carbocycles. The van der Waals surface area contributed by atoms with Crippen molar-refractivity contribution in [2.45, 2.75) is 11.8 Å². The lowest BCUT2D eigenvalue weighted by atomic mass is 10.1. The summed E-state index contributed by atoms with van der Waals surface area (Å²) in [6.07, 6.45) is 6.13. The van der Waals surface area contributed by atoms with Crippen LogP contribution in [0.15, 0.2) is 90.3 Å². The van der Waals surface area contributed by atoms with Crippen LogP contribution in [0.4, 0.5) is 11.4 Å². The SMILES string of the molecule is Cc1cc(Oc2ncccn2)ccc1NC(=O)c1ccc(S(=O)(=O)Nc2ccncc2)cc1.